The molecule has 4 aromatic rings. The summed E-state index contributed by atoms with van der Waals surface area (Å²) in [6.45, 7) is 11.2. The quantitative estimate of drug-likeness (QED) is 0.00851. The Morgan fingerprint density at radius 1 is 0.561 bits per heavy atom. The van der Waals surface area contributed by atoms with E-state index in [1.54, 1.807) is 60.0 Å². The third kappa shape index (κ3) is 20.2. The van der Waals surface area contributed by atoms with Crippen LogP contribution in [0.15, 0.2) is 97.1 Å². The number of hydrogen-bond acceptors (Lipinski definition) is 17. The maximum atomic E-state index is 14.0. The normalized spacial score (nSPS) is 19.8. The van der Waals surface area contributed by atoms with Crippen LogP contribution >= 0.6 is 11.3 Å². The van der Waals surface area contributed by atoms with Crippen molar-refractivity contribution in [3.05, 3.63) is 97.6 Å². The predicted molar refractivity (Wildman–Crippen MR) is 316 cm³/mol. The van der Waals surface area contributed by atoms with Gasteiger partial charge in [0.1, 0.15) is 23.0 Å². The van der Waals surface area contributed by atoms with Crippen LogP contribution in [0.1, 0.15) is 154 Å². The lowest BCUT2D eigenvalue weighted by molar-refractivity contribution is -0.151. The largest absolute Gasteiger partial charge is 0.494 e. The van der Waals surface area contributed by atoms with E-state index in [2.05, 4.69) is 26.1 Å². The van der Waals surface area contributed by atoms with Gasteiger partial charge in [-0.15, -0.1) is 0 Å². The van der Waals surface area contributed by atoms with E-state index < -0.39 is 17.9 Å². The molecule has 0 unspecified atom stereocenters. The van der Waals surface area contributed by atoms with Crippen LogP contribution in [0.4, 0.5) is 5.13 Å². The molecule has 3 aliphatic carbocycles. The number of aromatic nitrogens is 1. The minimum Gasteiger partial charge on any atom is -0.494 e. The van der Waals surface area contributed by atoms with Gasteiger partial charge in [-0.05, 0) is 188 Å². The van der Waals surface area contributed by atoms with Crippen LogP contribution in [0.3, 0.4) is 0 Å². The average molecular weight is 1150 g/mol. The lowest BCUT2D eigenvalue weighted by Crippen LogP contribution is -2.31. The summed E-state index contributed by atoms with van der Waals surface area (Å²) in [6, 6.07) is 20.2. The Morgan fingerprint density at radius 2 is 1.06 bits per heavy atom. The monoisotopic (exact) mass is 1150 g/mol. The number of unbranched alkanes of at least 4 members (excludes halogenated alkanes) is 7. The Morgan fingerprint density at radius 3 is 1.66 bits per heavy atom. The molecule has 0 amide bonds. The molecule has 82 heavy (non-hydrogen) atoms. The van der Waals surface area contributed by atoms with Crippen molar-refractivity contribution < 1.29 is 61.9 Å². The van der Waals surface area contributed by atoms with Crippen LogP contribution in [0, 0.1) is 35.5 Å². The minimum absolute atomic E-state index is 0.100. The van der Waals surface area contributed by atoms with E-state index in [1.807, 2.05) is 23.2 Å². The van der Waals surface area contributed by atoms with Crippen molar-refractivity contribution >= 4 is 68.7 Å². The van der Waals surface area contributed by atoms with E-state index in [1.165, 1.54) is 0 Å². The standard InChI is InChI=1S/C65H83N3O13S/c1-4-7-8-13-40-68(65-67-56-18-11-12-19-58(56)82-65)66-39-38-52-45-55(80-63(73)50-30-28-49(29-31-50)62(72)79-54-34-32-53(33-35-54)75-41-14-9-10-15-42-76-59(69)5-2)36-37-57(52)81-64(74)51-26-22-47(23-27-51)46-20-24-48(25-21-46)61(71)78-44-17-16-43-77-60(70)6-3/h5-6,11-12,18-19,32-37,39,45-51H,2-4,7-10,13-17,20-31,38,40-44H2,1H3/b66-39+. The van der Waals surface area contributed by atoms with E-state index in [4.69, 9.17) is 43.2 Å². The molecular formula is C65H83N3O13S. The van der Waals surface area contributed by atoms with Crippen LogP contribution in [0.2, 0.25) is 0 Å². The van der Waals surface area contributed by atoms with Crippen molar-refractivity contribution in [1.82, 2.24) is 4.98 Å². The fraction of sp³-hybridized carbons (Fsp3) is 0.538. The summed E-state index contributed by atoms with van der Waals surface area (Å²) in [5.74, 6) is -0.294. The van der Waals surface area contributed by atoms with Crippen LogP contribution < -0.4 is 24.0 Å². The Balaban J connectivity index is 0.907. The molecule has 0 spiro atoms. The summed E-state index contributed by atoms with van der Waals surface area (Å²) in [5, 5.41) is 7.69. The van der Waals surface area contributed by atoms with Crippen molar-refractivity contribution in [3.8, 4) is 23.0 Å². The van der Waals surface area contributed by atoms with Gasteiger partial charge in [0, 0.05) is 36.9 Å². The molecule has 3 saturated carbocycles. The van der Waals surface area contributed by atoms with Gasteiger partial charge >= 0.3 is 35.8 Å². The molecule has 1 heterocycles. The average Bonchev–Trinajstić information content (AvgIpc) is 4.04. The van der Waals surface area contributed by atoms with Gasteiger partial charge in [-0.3, -0.25) is 19.2 Å². The number of ether oxygens (including phenoxy) is 7. The Hall–Kier alpha value is -6.88. The number of hydrazone groups is 1. The molecule has 442 valence electrons. The van der Waals surface area contributed by atoms with E-state index in [-0.39, 0.29) is 48.2 Å². The third-order valence-electron chi connectivity index (χ3n) is 15.9. The molecule has 16 nitrogen and oxygen atoms in total. The molecule has 0 bridgehead atoms. The van der Waals surface area contributed by atoms with E-state index in [0.717, 1.165) is 130 Å². The topological polar surface area (TPSA) is 196 Å². The molecular weight excluding hydrogens is 1060 g/mol. The van der Waals surface area contributed by atoms with Crippen LogP contribution in [-0.2, 0) is 49.4 Å². The first kappa shape index (κ1) is 62.7. The number of nitrogens with zero attached hydrogens (tertiary/aromatic N) is 3. The van der Waals surface area contributed by atoms with Crippen LogP contribution in [0.5, 0.6) is 23.0 Å². The third-order valence-corrected chi connectivity index (χ3v) is 17.0. The van der Waals surface area contributed by atoms with E-state index in [9.17, 15) is 28.8 Å². The Labute approximate surface area is 487 Å². The second-order valence-corrected chi connectivity index (χ2v) is 22.8. The van der Waals surface area contributed by atoms with Crippen molar-refractivity contribution in [3.63, 3.8) is 0 Å². The summed E-state index contributed by atoms with van der Waals surface area (Å²) in [5.41, 5.74) is 1.57. The number of carbonyl (C=O) groups is 6. The summed E-state index contributed by atoms with van der Waals surface area (Å²) < 4.78 is 40.5. The highest BCUT2D eigenvalue weighted by molar-refractivity contribution is 7.22. The van der Waals surface area contributed by atoms with Gasteiger partial charge in [-0.2, -0.15) is 5.10 Å². The molecule has 0 atom stereocenters. The summed E-state index contributed by atoms with van der Waals surface area (Å²) in [4.78, 5) is 81.1. The molecule has 1 aromatic heterocycles. The molecule has 17 heteroatoms. The Kier molecular flexibility index (Phi) is 25.9. The smallest absolute Gasteiger partial charge is 0.330 e. The number of anilines is 1. The first-order chi connectivity index (χ1) is 40.0. The van der Waals surface area contributed by atoms with Crippen molar-refractivity contribution in [2.24, 2.45) is 40.6 Å². The van der Waals surface area contributed by atoms with Gasteiger partial charge < -0.3 is 33.2 Å². The van der Waals surface area contributed by atoms with Gasteiger partial charge in [0.25, 0.3) is 0 Å². The fourth-order valence-corrected chi connectivity index (χ4v) is 12.0. The van der Waals surface area contributed by atoms with Crippen LogP contribution in [0.25, 0.3) is 10.2 Å². The number of fused-ring (bicyclic) bond motifs is 1. The van der Waals surface area contributed by atoms with E-state index in [0.29, 0.717) is 112 Å². The first-order valence-electron chi connectivity index (χ1n) is 29.9. The zero-order valence-electron chi connectivity index (χ0n) is 47.8. The highest BCUT2D eigenvalue weighted by Crippen LogP contribution is 2.42. The molecule has 3 aromatic carbocycles. The SMILES string of the molecule is C=CC(=O)OCCCCCCOc1ccc(OC(=O)C2CCC(C(=O)Oc3ccc(OC(=O)C4CCC(C5CCC(C(=O)OCCCCOC(=O)C=C)CC5)CC4)c(C/C=N/N(CCCCCC)c4nc5ccccc5s4)c3)CC2)cc1. The zero-order valence-corrected chi connectivity index (χ0v) is 48.6. The first-order valence-corrected chi connectivity index (χ1v) is 30.7. The number of hydrogen-bond donors (Lipinski definition) is 0. The number of esters is 6. The summed E-state index contributed by atoms with van der Waals surface area (Å²) in [7, 11) is 0. The molecule has 0 radical (unpaired) electrons. The second kappa shape index (κ2) is 33.9. The van der Waals surface area contributed by atoms with Crippen molar-refractivity contribution in [2.75, 3.05) is 38.0 Å². The number of carbonyl (C=O) groups excluding carboxylic acids is 6. The minimum atomic E-state index is -0.456. The summed E-state index contributed by atoms with van der Waals surface area (Å²) >= 11 is 1.59. The van der Waals surface area contributed by atoms with Crippen LogP contribution in [-0.4, -0.2) is 80.0 Å². The molecule has 7 rings (SSSR count). The highest BCUT2D eigenvalue weighted by Gasteiger charge is 2.36. The maximum Gasteiger partial charge on any atom is 0.330 e. The van der Waals surface area contributed by atoms with Gasteiger partial charge in [0.05, 0.1) is 60.3 Å². The van der Waals surface area contributed by atoms with Gasteiger partial charge in [0.15, 0.2) is 0 Å². The fourth-order valence-electron chi connectivity index (χ4n) is 11.1. The zero-order chi connectivity index (χ0) is 57.9. The lowest BCUT2D eigenvalue weighted by atomic mass is 9.69. The second-order valence-electron chi connectivity index (χ2n) is 21.8. The lowest BCUT2D eigenvalue weighted by Gasteiger charge is -2.36. The molecule has 0 aliphatic heterocycles. The molecule has 3 fully saturated rings. The van der Waals surface area contributed by atoms with Crippen molar-refractivity contribution in [1.29, 1.82) is 0 Å². The Bertz CT molecular complexity index is 2700. The molecule has 0 N–H and O–H groups in total. The summed E-state index contributed by atoms with van der Waals surface area (Å²) in [6.07, 6.45) is 22.1. The predicted octanol–water partition coefficient (Wildman–Crippen LogP) is 13.5. The number of benzene rings is 3. The van der Waals surface area contributed by atoms with Gasteiger partial charge in [-0.1, -0.05) is 62.8 Å². The van der Waals surface area contributed by atoms with Gasteiger partial charge in [0.2, 0.25) is 5.13 Å². The van der Waals surface area contributed by atoms with E-state index >= 15 is 0 Å². The van der Waals surface area contributed by atoms with Gasteiger partial charge in [-0.25, -0.2) is 19.6 Å². The molecule has 3 aliphatic rings. The highest BCUT2D eigenvalue weighted by atomic mass is 32.1. The number of thiazole rings is 1. The maximum absolute atomic E-state index is 14.0. The number of rotatable bonds is 32. The van der Waals surface area contributed by atoms with Crippen molar-refractivity contribution in [2.45, 2.75) is 155 Å². The molecule has 0 saturated heterocycles. The number of para-hydroxylation sites is 1.